The van der Waals surface area contributed by atoms with Crippen LogP contribution >= 0.6 is 0 Å². The van der Waals surface area contributed by atoms with Crippen molar-refractivity contribution in [2.24, 2.45) is 0 Å². The van der Waals surface area contributed by atoms with Gasteiger partial charge < -0.3 is 14.2 Å². The van der Waals surface area contributed by atoms with Crippen molar-refractivity contribution in [1.29, 1.82) is 0 Å². The molecule has 0 aliphatic carbocycles. The van der Waals surface area contributed by atoms with E-state index >= 15 is 0 Å². The molecule has 0 heterocycles. The summed E-state index contributed by atoms with van der Waals surface area (Å²) in [4.78, 5) is -2.15. The normalized spacial score (nSPS) is 12.3. The second-order valence-electron chi connectivity index (χ2n) is 8.21. The number of hydrogen-bond acceptors (Lipinski definition) is 5. The Hall–Kier alpha value is -3.93. The van der Waals surface area contributed by atoms with Gasteiger partial charge in [0.1, 0.15) is 12.4 Å². The molecule has 39 heavy (non-hydrogen) atoms. The number of ether oxygens (including phenoxy) is 3. The van der Waals surface area contributed by atoms with Gasteiger partial charge in [-0.15, -0.1) is 0 Å². The van der Waals surface area contributed by atoms with Gasteiger partial charge in [0.05, 0.1) is 6.61 Å². The van der Waals surface area contributed by atoms with E-state index in [1.54, 1.807) is 0 Å². The van der Waals surface area contributed by atoms with Gasteiger partial charge in [-0.3, -0.25) is 4.55 Å². The molecule has 0 spiro atoms. The highest BCUT2D eigenvalue weighted by Crippen LogP contribution is 2.39. The smallest absolute Gasteiger partial charge is 0.300 e. The molecule has 4 aromatic rings. The van der Waals surface area contributed by atoms with Crippen molar-refractivity contribution in [2.75, 3.05) is 13.2 Å². The summed E-state index contributed by atoms with van der Waals surface area (Å²) in [5.41, 5.74) is 3.45. The zero-order valence-corrected chi connectivity index (χ0v) is 21.2. The van der Waals surface area contributed by atoms with Crippen LogP contribution in [0, 0.1) is 23.3 Å². The summed E-state index contributed by atoms with van der Waals surface area (Å²) in [6.45, 7) is 1.02. The van der Waals surface area contributed by atoms with E-state index in [-0.39, 0.29) is 13.2 Å². The molecule has 0 bridgehead atoms. The van der Waals surface area contributed by atoms with Crippen molar-refractivity contribution >= 4 is 10.1 Å². The number of para-hydroxylation sites is 1. The van der Waals surface area contributed by atoms with Gasteiger partial charge in [0.25, 0.3) is 0 Å². The summed E-state index contributed by atoms with van der Waals surface area (Å²) in [5, 5.41) is 0. The van der Waals surface area contributed by atoms with E-state index < -0.39 is 50.3 Å². The maximum Gasteiger partial charge on any atom is 0.300 e. The second-order valence-corrected chi connectivity index (χ2v) is 9.57. The minimum Gasteiger partial charge on any atom is -0.490 e. The summed E-state index contributed by atoms with van der Waals surface area (Å²) in [5.74, 6) is -9.91. The van der Waals surface area contributed by atoms with Crippen LogP contribution in [0.25, 0.3) is 22.3 Å². The molecule has 204 valence electrons. The van der Waals surface area contributed by atoms with Crippen LogP contribution in [-0.4, -0.2) is 32.5 Å². The monoisotopic (exact) mass is 562 g/mol. The molecule has 0 saturated carbocycles. The van der Waals surface area contributed by atoms with Crippen molar-refractivity contribution in [3.63, 3.8) is 0 Å². The van der Waals surface area contributed by atoms with Crippen LogP contribution in [0.2, 0.25) is 0 Å². The highest BCUT2D eigenvalue weighted by molar-refractivity contribution is 7.85. The quantitative estimate of drug-likeness (QED) is 0.0767. The Morgan fingerprint density at radius 1 is 0.692 bits per heavy atom. The van der Waals surface area contributed by atoms with Gasteiger partial charge in [0.15, 0.2) is 28.6 Å². The van der Waals surface area contributed by atoms with Crippen molar-refractivity contribution in [2.45, 2.75) is 18.1 Å². The maximum atomic E-state index is 14.3. The second kappa shape index (κ2) is 11.9. The van der Waals surface area contributed by atoms with Crippen LogP contribution in [0.3, 0.4) is 0 Å². The van der Waals surface area contributed by atoms with Gasteiger partial charge in [0.2, 0.25) is 11.6 Å². The first-order valence-electron chi connectivity index (χ1n) is 11.6. The Labute approximate surface area is 222 Å². The molecule has 0 aromatic heterocycles. The minimum absolute atomic E-state index is 0.0350. The Kier molecular flexibility index (Phi) is 8.54. The predicted octanol–water partition coefficient (Wildman–Crippen LogP) is 6.64. The Balaban J connectivity index is 1.50. The summed E-state index contributed by atoms with van der Waals surface area (Å²) >= 11 is 0. The minimum atomic E-state index is -5.58. The van der Waals surface area contributed by atoms with Crippen molar-refractivity contribution in [3.8, 4) is 33.8 Å². The number of halogens is 4. The number of hydrogen-bond donors (Lipinski definition) is 1. The molecule has 0 radical (unpaired) electrons. The molecule has 0 aliphatic rings. The molecule has 4 aromatic carbocycles. The van der Waals surface area contributed by atoms with Crippen LogP contribution in [0.5, 0.6) is 11.5 Å². The Morgan fingerprint density at radius 3 is 1.64 bits per heavy atom. The van der Waals surface area contributed by atoms with Crippen molar-refractivity contribution in [1.82, 2.24) is 0 Å². The molecule has 0 aliphatic heterocycles. The zero-order valence-electron chi connectivity index (χ0n) is 20.4. The zero-order chi connectivity index (χ0) is 28.2. The summed E-state index contributed by atoms with van der Waals surface area (Å²) in [6.07, 6.45) is -1.43. The number of rotatable bonds is 10. The fourth-order valence-corrected chi connectivity index (χ4v) is 4.49. The van der Waals surface area contributed by atoms with Gasteiger partial charge in [-0.05, 0) is 18.1 Å². The first kappa shape index (κ1) is 28.1. The van der Waals surface area contributed by atoms with E-state index in [1.165, 1.54) is 6.92 Å². The lowest BCUT2D eigenvalue weighted by molar-refractivity contribution is -0.0777. The Bertz CT molecular complexity index is 1480. The van der Waals surface area contributed by atoms with Crippen LogP contribution in [0.4, 0.5) is 17.6 Å². The lowest BCUT2D eigenvalue weighted by Crippen LogP contribution is -2.22. The SMILES string of the molecule is CC(OCCOc1c(-c2ccccc2)cccc1-c1ccccc1)Oc1c(F)c(F)c(S(=O)(=O)O)c(F)c1F. The fourth-order valence-electron chi connectivity index (χ4n) is 3.86. The highest BCUT2D eigenvalue weighted by atomic mass is 32.2. The molecular weight excluding hydrogens is 540 g/mol. The topological polar surface area (TPSA) is 82.1 Å². The van der Waals surface area contributed by atoms with Crippen LogP contribution in [0.15, 0.2) is 83.8 Å². The largest absolute Gasteiger partial charge is 0.490 e. The summed E-state index contributed by atoms with van der Waals surface area (Å²) in [7, 11) is -5.58. The molecule has 1 N–H and O–H groups in total. The lowest BCUT2D eigenvalue weighted by Gasteiger charge is -2.19. The van der Waals surface area contributed by atoms with Gasteiger partial charge in [-0.1, -0.05) is 78.9 Å². The van der Waals surface area contributed by atoms with Crippen LogP contribution < -0.4 is 9.47 Å². The third-order valence-corrected chi connectivity index (χ3v) is 6.47. The molecule has 1 unspecified atom stereocenters. The van der Waals surface area contributed by atoms with Crippen LogP contribution in [-0.2, 0) is 14.9 Å². The molecule has 11 heteroatoms. The molecule has 1 atom stereocenters. The lowest BCUT2D eigenvalue weighted by atomic mass is 9.97. The molecule has 0 amide bonds. The predicted molar refractivity (Wildman–Crippen MR) is 135 cm³/mol. The van der Waals surface area contributed by atoms with Gasteiger partial charge in [-0.25, -0.2) is 8.78 Å². The van der Waals surface area contributed by atoms with Crippen molar-refractivity contribution < 1.29 is 44.7 Å². The van der Waals surface area contributed by atoms with E-state index in [1.807, 2.05) is 78.9 Å². The highest BCUT2D eigenvalue weighted by Gasteiger charge is 2.33. The van der Waals surface area contributed by atoms with E-state index in [9.17, 15) is 26.0 Å². The van der Waals surface area contributed by atoms with Crippen LogP contribution in [0.1, 0.15) is 6.92 Å². The molecule has 4 rings (SSSR count). The van der Waals surface area contributed by atoms with Crippen molar-refractivity contribution in [3.05, 3.63) is 102 Å². The fraction of sp³-hybridized carbons (Fsp3) is 0.143. The first-order valence-corrected chi connectivity index (χ1v) is 13.0. The average Bonchev–Trinajstić information content (AvgIpc) is 2.92. The Morgan fingerprint density at radius 2 is 1.18 bits per heavy atom. The number of benzene rings is 4. The van der Waals surface area contributed by atoms with Gasteiger partial charge in [-0.2, -0.15) is 17.2 Å². The molecule has 0 fully saturated rings. The maximum absolute atomic E-state index is 14.3. The van der Waals surface area contributed by atoms with E-state index in [0.29, 0.717) is 5.75 Å². The average molecular weight is 563 g/mol. The summed E-state index contributed by atoms with van der Waals surface area (Å²) < 4.78 is 104. The summed E-state index contributed by atoms with van der Waals surface area (Å²) in [6, 6.07) is 24.8. The van der Waals surface area contributed by atoms with E-state index in [2.05, 4.69) is 0 Å². The van der Waals surface area contributed by atoms with Gasteiger partial charge in [0, 0.05) is 11.1 Å². The first-order chi connectivity index (χ1) is 18.6. The third-order valence-electron chi connectivity index (χ3n) is 5.59. The van der Waals surface area contributed by atoms with Gasteiger partial charge >= 0.3 is 10.1 Å². The molecule has 0 saturated heterocycles. The standard InChI is InChI=1S/C28H22F4O6S/c1-17(38-27-22(29)24(31)28(39(33,34)35)25(32)23(27)30)36-15-16-37-26-20(18-9-4-2-5-10-18)13-8-14-21(26)19-11-6-3-7-12-19/h2-14,17H,15-16H2,1H3,(H,33,34,35). The third kappa shape index (κ3) is 6.22. The van der Waals surface area contributed by atoms with E-state index in [4.69, 9.17) is 18.8 Å². The molecule has 6 nitrogen and oxygen atoms in total. The molecular formula is C28H22F4O6S. The van der Waals surface area contributed by atoms with E-state index in [0.717, 1.165) is 22.3 Å².